The van der Waals surface area contributed by atoms with Crippen LogP contribution in [0.4, 0.5) is 5.69 Å². The van der Waals surface area contributed by atoms with Crippen LogP contribution in [0.25, 0.3) is 0 Å². The number of alkyl halides is 1. The highest BCUT2D eigenvalue weighted by atomic mass is 79.9. The summed E-state index contributed by atoms with van der Waals surface area (Å²) in [6.07, 6.45) is 1.42. The Morgan fingerprint density at radius 3 is 2.62 bits per heavy atom. The highest BCUT2D eigenvalue weighted by Crippen LogP contribution is 2.25. The fourth-order valence-corrected chi connectivity index (χ4v) is 3.36. The van der Waals surface area contributed by atoms with E-state index in [1.807, 2.05) is 0 Å². The van der Waals surface area contributed by atoms with Gasteiger partial charge in [-0.1, -0.05) is 31.9 Å². The van der Waals surface area contributed by atoms with Crippen molar-refractivity contribution in [1.82, 2.24) is 5.32 Å². The first-order chi connectivity index (χ1) is 9.96. The maximum Gasteiger partial charge on any atom is 0.271 e. The van der Waals surface area contributed by atoms with Gasteiger partial charge < -0.3 is 10.1 Å². The molecule has 0 aromatic heterocycles. The Morgan fingerprint density at radius 1 is 1.38 bits per heavy atom. The van der Waals surface area contributed by atoms with Gasteiger partial charge in [-0.3, -0.25) is 14.9 Å². The van der Waals surface area contributed by atoms with Gasteiger partial charge in [-0.05, 0) is 18.9 Å². The fraction of sp³-hybridized carbons (Fsp3) is 0.462. The van der Waals surface area contributed by atoms with Gasteiger partial charge in [0.2, 0.25) is 0 Å². The normalized spacial score (nSPS) is 17.2. The lowest BCUT2D eigenvalue weighted by atomic mass is 9.92. The van der Waals surface area contributed by atoms with Gasteiger partial charge in [0, 0.05) is 40.7 Å². The summed E-state index contributed by atoms with van der Waals surface area (Å²) >= 11 is 6.63. The molecule has 1 aliphatic rings. The van der Waals surface area contributed by atoms with Crippen molar-refractivity contribution in [3.63, 3.8) is 0 Å². The predicted molar refractivity (Wildman–Crippen MR) is 84.8 cm³/mol. The first-order valence-corrected chi connectivity index (χ1v) is 8.28. The van der Waals surface area contributed by atoms with E-state index in [-0.39, 0.29) is 22.7 Å². The zero-order chi connectivity index (χ0) is 15.5. The van der Waals surface area contributed by atoms with Crippen LogP contribution in [0.1, 0.15) is 23.2 Å². The van der Waals surface area contributed by atoms with Crippen molar-refractivity contribution in [1.29, 1.82) is 0 Å². The smallest absolute Gasteiger partial charge is 0.271 e. The summed E-state index contributed by atoms with van der Waals surface area (Å²) < 4.78 is 5.82. The summed E-state index contributed by atoms with van der Waals surface area (Å²) in [4.78, 5) is 22.7. The SMILES string of the molecule is O=C(NC1(CBr)CCOCC1)c1cc(Br)cc([N+](=O)[O-])c1. The van der Waals surface area contributed by atoms with Gasteiger partial charge in [-0.25, -0.2) is 0 Å². The molecule has 1 amide bonds. The minimum atomic E-state index is -0.518. The molecule has 0 atom stereocenters. The molecule has 1 saturated heterocycles. The van der Waals surface area contributed by atoms with Crippen LogP contribution in [-0.4, -0.2) is 34.9 Å². The zero-order valence-corrected chi connectivity index (χ0v) is 14.3. The average molecular weight is 422 g/mol. The third-order valence-electron chi connectivity index (χ3n) is 3.44. The van der Waals surface area contributed by atoms with Crippen LogP contribution < -0.4 is 5.32 Å². The Kier molecular flexibility index (Phi) is 5.34. The molecule has 1 fully saturated rings. The molecule has 114 valence electrons. The topological polar surface area (TPSA) is 81.5 Å². The van der Waals surface area contributed by atoms with E-state index in [1.54, 1.807) is 6.07 Å². The number of non-ortho nitro benzene ring substituents is 1. The number of nitro groups is 1. The van der Waals surface area contributed by atoms with Gasteiger partial charge >= 0.3 is 0 Å². The average Bonchev–Trinajstić information content (AvgIpc) is 2.47. The van der Waals surface area contributed by atoms with Gasteiger partial charge in [0.1, 0.15) is 0 Å². The Morgan fingerprint density at radius 2 is 2.05 bits per heavy atom. The van der Waals surface area contributed by atoms with Crippen LogP contribution in [-0.2, 0) is 4.74 Å². The number of ether oxygens (including phenoxy) is 1. The first-order valence-electron chi connectivity index (χ1n) is 6.37. The number of nitrogens with one attached hydrogen (secondary N) is 1. The van der Waals surface area contributed by atoms with E-state index in [2.05, 4.69) is 37.2 Å². The molecule has 1 heterocycles. The van der Waals surface area contributed by atoms with Crippen molar-refractivity contribution in [2.45, 2.75) is 18.4 Å². The number of carbonyl (C=O) groups is 1. The molecule has 1 aromatic rings. The molecule has 1 aliphatic heterocycles. The molecule has 0 spiro atoms. The highest BCUT2D eigenvalue weighted by Gasteiger charge is 2.33. The number of halogens is 2. The minimum absolute atomic E-state index is 0.116. The largest absolute Gasteiger partial charge is 0.381 e. The lowest BCUT2D eigenvalue weighted by Gasteiger charge is -2.36. The molecule has 2 rings (SSSR count). The molecule has 0 bridgehead atoms. The molecule has 6 nitrogen and oxygen atoms in total. The van der Waals surface area contributed by atoms with Gasteiger partial charge in [-0.15, -0.1) is 0 Å². The summed E-state index contributed by atoms with van der Waals surface area (Å²) in [5, 5.41) is 14.5. The maximum atomic E-state index is 12.4. The number of nitrogens with zero attached hydrogens (tertiary/aromatic N) is 1. The third-order valence-corrected chi connectivity index (χ3v) is 4.97. The number of hydrogen-bond acceptors (Lipinski definition) is 4. The van der Waals surface area contributed by atoms with Crippen LogP contribution in [0.2, 0.25) is 0 Å². The van der Waals surface area contributed by atoms with E-state index in [4.69, 9.17) is 4.74 Å². The number of benzene rings is 1. The summed E-state index contributed by atoms with van der Waals surface area (Å²) in [5.74, 6) is -0.319. The molecule has 0 aliphatic carbocycles. The molecular formula is C13H14Br2N2O4. The van der Waals surface area contributed by atoms with Gasteiger partial charge in [0.05, 0.1) is 10.5 Å². The van der Waals surface area contributed by atoms with Crippen molar-refractivity contribution in [3.05, 3.63) is 38.3 Å². The first kappa shape index (κ1) is 16.4. The van der Waals surface area contributed by atoms with Crippen molar-refractivity contribution < 1.29 is 14.5 Å². The molecule has 8 heteroatoms. The van der Waals surface area contributed by atoms with Gasteiger partial charge in [0.15, 0.2) is 0 Å². The Bertz CT molecular complexity index is 559. The van der Waals surface area contributed by atoms with Gasteiger partial charge in [-0.2, -0.15) is 0 Å². The van der Waals surface area contributed by atoms with Crippen molar-refractivity contribution in [2.24, 2.45) is 0 Å². The van der Waals surface area contributed by atoms with Crippen LogP contribution in [0.3, 0.4) is 0 Å². The van der Waals surface area contributed by atoms with Crippen LogP contribution in [0.5, 0.6) is 0 Å². The summed E-state index contributed by atoms with van der Waals surface area (Å²) in [6, 6.07) is 4.22. The zero-order valence-electron chi connectivity index (χ0n) is 11.1. The summed E-state index contributed by atoms with van der Waals surface area (Å²) in [7, 11) is 0. The number of carbonyl (C=O) groups excluding carboxylic acids is 1. The Hall–Kier alpha value is -0.990. The van der Waals surface area contributed by atoms with Crippen molar-refractivity contribution in [2.75, 3.05) is 18.5 Å². The molecule has 1 aromatic carbocycles. The quantitative estimate of drug-likeness (QED) is 0.460. The second-order valence-electron chi connectivity index (χ2n) is 4.94. The van der Waals surface area contributed by atoms with E-state index < -0.39 is 4.92 Å². The number of hydrogen-bond donors (Lipinski definition) is 1. The van der Waals surface area contributed by atoms with Crippen molar-refractivity contribution in [3.8, 4) is 0 Å². The fourth-order valence-electron chi connectivity index (χ4n) is 2.18. The minimum Gasteiger partial charge on any atom is -0.381 e. The van der Waals surface area contributed by atoms with Crippen molar-refractivity contribution >= 4 is 43.5 Å². The summed E-state index contributed by atoms with van der Waals surface area (Å²) in [6.45, 7) is 1.18. The monoisotopic (exact) mass is 420 g/mol. The van der Waals surface area contributed by atoms with Crippen LogP contribution in [0, 0.1) is 10.1 Å². The van der Waals surface area contributed by atoms with E-state index in [1.165, 1.54) is 12.1 Å². The number of nitro benzene ring substituents is 1. The molecular weight excluding hydrogens is 408 g/mol. The van der Waals surface area contributed by atoms with Crippen LogP contribution >= 0.6 is 31.9 Å². The lowest BCUT2D eigenvalue weighted by Crippen LogP contribution is -2.53. The molecule has 0 unspecified atom stereocenters. The number of amides is 1. The second-order valence-corrected chi connectivity index (χ2v) is 6.41. The van der Waals surface area contributed by atoms with E-state index in [0.29, 0.717) is 35.9 Å². The second kappa shape index (κ2) is 6.85. The van der Waals surface area contributed by atoms with E-state index in [9.17, 15) is 14.9 Å². The van der Waals surface area contributed by atoms with E-state index >= 15 is 0 Å². The standard InChI is InChI=1S/C13H14Br2N2O4/c14-8-13(1-3-21-4-2-13)16-12(18)9-5-10(15)7-11(6-9)17(19)20/h5-7H,1-4,8H2,(H,16,18). The highest BCUT2D eigenvalue weighted by molar-refractivity contribution is 9.10. The maximum absolute atomic E-state index is 12.4. The molecule has 1 N–H and O–H groups in total. The van der Waals surface area contributed by atoms with Gasteiger partial charge in [0.25, 0.3) is 11.6 Å². The molecule has 21 heavy (non-hydrogen) atoms. The number of rotatable bonds is 4. The molecule has 0 saturated carbocycles. The van der Waals surface area contributed by atoms with Crippen LogP contribution in [0.15, 0.2) is 22.7 Å². The third kappa shape index (κ3) is 4.02. The predicted octanol–water partition coefficient (Wildman–Crippen LogP) is 3.03. The Balaban J connectivity index is 2.21. The lowest BCUT2D eigenvalue weighted by molar-refractivity contribution is -0.385. The Labute approximate surface area is 138 Å². The van der Waals surface area contributed by atoms with E-state index in [0.717, 1.165) is 0 Å². The molecule has 0 radical (unpaired) electrons. The summed E-state index contributed by atoms with van der Waals surface area (Å²) in [5.41, 5.74) is -0.218.